The van der Waals surface area contributed by atoms with E-state index in [2.05, 4.69) is 41.0 Å². The summed E-state index contributed by atoms with van der Waals surface area (Å²) in [7, 11) is 0. The number of piperidine rings is 1. The van der Waals surface area contributed by atoms with Gasteiger partial charge in [-0.15, -0.1) is 0 Å². The average molecular weight is 408 g/mol. The van der Waals surface area contributed by atoms with E-state index in [1.807, 2.05) is 35.2 Å². The Hall–Kier alpha value is -2.73. The first-order valence-corrected chi connectivity index (χ1v) is 10.9. The molecule has 1 amide bonds. The number of hydrogen-bond donors (Lipinski definition) is 0. The Bertz CT molecular complexity index is 896. The second-order valence-electron chi connectivity index (χ2n) is 8.40. The lowest BCUT2D eigenvalue weighted by Crippen LogP contribution is -2.57. The van der Waals surface area contributed by atoms with Gasteiger partial charge in [-0.2, -0.15) is 0 Å². The fraction of sp³-hybridized carbons (Fsp3) is 0.458. The van der Waals surface area contributed by atoms with Gasteiger partial charge in [0.2, 0.25) is 5.91 Å². The van der Waals surface area contributed by atoms with E-state index >= 15 is 0 Å². The first kappa shape index (κ1) is 19.2. The lowest BCUT2D eigenvalue weighted by molar-refractivity contribution is -0.133. The maximum atomic E-state index is 13.4. The predicted octanol–water partition coefficient (Wildman–Crippen LogP) is 2.99. The van der Waals surface area contributed by atoms with Crippen LogP contribution < -0.4 is 14.4 Å². The third-order valence-electron chi connectivity index (χ3n) is 6.68. The second-order valence-corrected chi connectivity index (χ2v) is 8.40. The van der Waals surface area contributed by atoms with Gasteiger partial charge in [0.25, 0.3) is 0 Å². The van der Waals surface area contributed by atoms with Crippen LogP contribution in [0.4, 0.5) is 5.69 Å². The lowest BCUT2D eigenvalue weighted by Gasteiger charge is -2.44. The Morgan fingerprint density at radius 1 is 1.00 bits per heavy atom. The molecule has 3 heterocycles. The molecule has 1 atom stereocenters. The van der Waals surface area contributed by atoms with Crippen LogP contribution in [-0.4, -0.2) is 66.8 Å². The van der Waals surface area contributed by atoms with Crippen LogP contribution in [-0.2, 0) is 4.79 Å². The van der Waals surface area contributed by atoms with Gasteiger partial charge in [-0.3, -0.25) is 9.69 Å². The second kappa shape index (κ2) is 7.84. The number of hydrogen-bond acceptors (Lipinski definition) is 5. The third-order valence-corrected chi connectivity index (χ3v) is 6.68. The van der Waals surface area contributed by atoms with E-state index in [0.717, 1.165) is 56.2 Å². The zero-order valence-corrected chi connectivity index (χ0v) is 17.5. The summed E-state index contributed by atoms with van der Waals surface area (Å²) in [5.41, 5.74) is 0.709. The minimum Gasteiger partial charge on any atom is -0.486 e. The molecule has 3 aliphatic rings. The number of likely N-dealkylation sites (tertiary alicyclic amines) is 1. The van der Waals surface area contributed by atoms with Crippen LogP contribution in [0, 0.1) is 0 Å². The van der Waals surface area contributed by atoms with Crippen molar-refractivity contribution in [1.82, 2.24) is 9.80 Å². The smallest absolute Gasteiger partial charge is 0.250 e. The molecular formula is C24H29N3O3. The summed E-state index contributed by atoms with van der Waals surface area (Å²) in [4.78, 5) is 20.1. The van der Waals surface area contributed by atoms with Crippen molar-refractivity contribution in [3.63, 3.8) is 0 Å². The Morgan fingerprint density at radius 2 is 1.70 bits per heavy atom. The van der Waals surface area contributed by atoms with Crippen molar-refractivity contribution in [3.05, 3.63) is 54.6 Å². The Balaban J connectivity index is 1.27. The number of likely N-dealkylation sites (N-methyl/N-ethyl adjacent to an activating group) is 1. The minimum absolute atomic E-state index is 0.0191. The van der Waals surface area contributed by atoms with Crippen LogP contribution >= 0.6 is 0 Å². The van der Waals surface area contributed by atoms with Crippen LogP contribution in [0.5, 0.6) is 11.5 Å². The van der Waals surface area contributed by atoms with Crippen molar-refractivity contribution in [2.45, 2.75) is 31.4 Å². The predicted molar refractivity (Wildman–Crippen MR) is 116 cm³/mol. The third kappa shape index (κ3) is 3.29. The molecule has 5 rings (SSSR count). The number of fused-ring (bicyclic) bond motifs is 1. The summed E-state index contributed by atoms with van der Waals surface area (Å²) in [6, 6.07) is 18.2. The van der Waals surface area contributed by atoms with Gasteiger partial charge >= 0.3 is 0 Å². The van der Waals surface area contributed by atoms with E-state index in [-0.39, 0.29) is 12.0 Å². The number of anilines is 1. The Labute approximate surface area is 178 Å². The molecule has 2 saturated heterocycles. The van der Waals surface area contributed by atoms with E-state index in [4.69, 9.17) is 9.47 Å². The molecule has 1 spiro atoms. The average Bonchev–Trinajstić information content (AvgIpc) is 3.07. The van der Waals surface area contributed by atoms with Crippen molar-refractivity contribution in [1.29, 1.82) is 0 Å². The van der Waals surface area contributed by atoms with Crippen molar-refractivity contribution >= 4 is 11.6 Å². The maximum absolute atomic E-state index is 13.4. The number of rotatable bonds is 4. The number of benzene rings is 2. The number of carbonyl (C=O) groups is 1. The van der Waals surface area contributed by atoms with Gasteiger partial charge in [0.1, 0.15) is 18.2 Å². The fourth-order valence-corrected chi connectivity index (χ4v) is 4.99. The molecule has 2 fully saturated rings. The fourth-order valence-electron chi connectivity index (χ4n) is 4.99. The SMILES string of the molecule is CCN1CN(c2ccccc2)C2(CCN(CC3COc4ccccc4O3)CC2)C1=O. The Kier molecular flexibility index (Phi) is 5.03. The van der Waals surface area contributed by atoms with Crippen LogP contribution in [0.25, 0.3) is 0 Å². The number of amides is 1. The Morgan fingerprint density at radius 3 is 2.43 bits per heavy atom. The van der Waals surface area contributed by atoms with E-state index in [0.29, 0.717) is 13.3 Å². The topological polar surface area (TPSA) is 45.2 Å². The maximum Gasteiger partial charge on any atom is 0.250 e. The van der Waals surface area contributed by atoms with E-state index in [9.17, 15) is 4.79 Å². The number of nitrogens with zero attached hydrogens (tertiary/aromatic N) is 3. The molecule has 0 N–H and O–H groups in total. The summed E-state index contributed by atoms with van der Waals surface area (Å²) in [6.45, 7) is 6.64. The minimum atomic E-state index is -0.426. The molecule has 2 aromatic rings. The summed E-state index contributed by atoms with van der Waals surface area (Å²) in [6.07, 6.45) is 1.69. The lowest BCUT2D eigenvalue weighted by atomic mass is 9.85. The van der Waals surface area contributed by atoms with Gasteiger partial charge in [-0.05, 0) is 44.0 Å². The van der Waals surface area contributed by atoms with Gasteiger partial charge in [0.05, 0.1) is 6.67 Å². The molecule has 6 nitrogen and oxygen atoms in total. The van der Waals surface area contributed by atoms with Crippen molar-refractivity contribution in [2.75, 3.05) is 44.4 Å². The number of carbonyl (C=O) groups excluding carboxylic acids is 1. The summed E-state index contributed by atoms with van der Waals surface area (Å²) >= 11 is 0. The van der Waals surface area contributed by atoms with Gasteiger partial charge in [-0.1, -0.05) is 30.3 Å². The highest BCUT2D eigenvalue weighted by Gasteiger charge is 2.53. The van der Waals surface area contributed by atoms with E-state index in [1.165, 1.54) is 0 Å². The van der Waals surface area contributed by atoms with Gasteiger partial charge in [0.15, 0.2) is 11.5 Å². The van der Waals surface area contributed by atoms with Gasteiger partial charge in [-0.25, -0.2) is 0 Å². The highest BCUT2D eigenvalue weighted by molar-refractivity contribution is 5.93. The molecule has 158 valence electrons. The first-order chi connectivity index (χ1) is 14.7. The summed E-state index contributed by atoms with van der Waals surface area (Å²) in [5.74, 6) is 1.92. The van der Waals surface area contributed by atoms with Crippen molar-refractivity contribution in [3.8, 4) is 11.5 Å². The van der Waals surface area contributed by atoms with E-state index < -0.39 is 5.54 Å². The molecule has 6 heteroatoms. The van der Waals surface area contributed by atoms with Crippen LogP contribution in [0.1, 0.15) is 19.8 Å². The van der Waals surface area contributed by atoms with Gasteiger partial charge in [0, 0.05) is 31.9 Å². The molecule has 2 aromatic carbocycles. The first-order valence-electron chi connectivity index (χ1n) is 10.9. The molecule has 0 radical (unpaired) electrons. The van der Waals surface area contributed by atoms with Crippen molar-refractivity contribution in [2.24, 2.45) is 0 Å². The molecule has 3 aliphatic heterocycles. The monoisotopic (exact) mass is 407 g/mol. The van der Waals surface area contributed by atoms with Crippen LogP contribution in [0.3, 0.4) is 0 Å². The molecule has 0 aromatic heterocycles. The number of ether oxygens (including phenoxy) is 2. The number of para-hydroxylation sites is 3. The van der Waals surface area contributed by atoms with Gasteiger partial charge < -0.3 is 19.3 Å². The normalized spacial score (nSPS) is 23.2. The highest BCUT2D eigenvalue weighted by atomic mass is 16.6. The molecule has 0 aliphatic carbocycles. The standard InChI is InChI=1S/C24H29N3O3/c1-2-26-18-27(19-8-4-3-5-9-19)24(23(26)28)12-14-25(15-13-24)16-20-17-29-21-10-6-7-11-22(21)30-20/h3-11,20H,2,12-18H2,1H3. The van der Waals surface area contributed by atoms with Crippen molar-refractivity contribution < 1.29 is 14.3 Å². The van der Waals surface area contributed by atoms with Crippen LogP contribution in [0.15, 0.2) is 54.6 Å². The molecule has 0 saturated carbocycles. The summed E-state index contributed by atoms with van der Waals surface area (Å²) < 4.78 is 12.0. The highest BCUT2D eigenvalue weighted by Crippen LogP contribution is 2.39. The quantitative estimate of drug-likeness (QED) is 0.780. The molecule has 1 unspecified atom stereocenters. The van der Waals surface area contributed by atoms with E-state index in [1.54, 1.807) is 0 Å². The zero-order valence-electron chi connectivity index (χ0n) is 17.5. The largest absolute Gasteiger partial charge is 0.486 e. The molecule has 30 heavy (non-hydrogen) atoms. The van der Waals surface area contributed by atoms with Crippen LogP contribution in [0.2, 0.25) is 0 Å². The zero-order chi connectivity index (χ0) is 20.6. The summed E-state index contributed by atoms with van der Waals surface area (Å²) in [5, 5.41) is 0. The molecular weight excluding hydrogens is 378 g/mol. The molecule has 0 bridgehead atoms.